The Morgan fingerprint density at radius 3 is 2.50 bits per heavy atom. The molecule has 0 radical (unpaired) electrons. The molecule has 0 fully saturated rings. The zero-order valence-electron chi connectivity index (χ0n) is 5.43. The van der Waals surface area contributed by atoms with Crippen LogP contribution in [-0.2, 0) is 9.05 Å². The molecule has 0 aromatic carbocycles. The molecule has 66 valence electrons. The van der Waals surface area contributed by atoms with Crippen molar-refractivity contribution in [3.8, 4) is 0 Å². The summed E-state index contributed by atoms with van der Waals surface area (Å²) in [6.07, 6.45) is 0. The van der Waals surface area contributed by atoms with Crippen molar-refractivity contribution >= 4 is 36.1 Å². The average molecular weight is 228 g/mol. The zero-order chi connectivity index (χ0) is 9.35. The van der Waals surface area contributed by atoms with E-state index in [2.05, 4.69) is 0 Å². The van der Waals surface area contributed by atoms with Crippen LogP contribution < -0.4 is 0 Å². The van der Waals surface area contributed by atoms with Gasteiger partial charge in [-0.1, -0.05) is 11.3 Å². The second-order valence-electron chi connectivity index (χ2n) is 1.78. The highest BCUT2D eigenvalue weighted by atomic mass is 35.7. The lowest BCUT2D eigenvalue weighted by Crippen LogP contribution is -1.93. The molecular weight excluding hydrogens is 226 g/mol. The largest absolute Gasteiger partial charge is 0.343 e. The standard InChI is InChI=1S/C4H2ClNO4S2/c5-12(9,10)3-1-2-11-4(3)6(7)8/h1-2H. The number of halogens is 1. The van der Waals surface area contributed by atoms with Gasteiger partial charge in [-0.3, -0.25) is 10.1 Å². The fraction of sp³-hybridized carbons (Fsp3) is 0. The van der Waals surface area contributed by atoms with Crippen LogP contribution in [0.5, 0.6) is 0 Å². The first kappa shape index (κ1) is 9.43. The molecule has 12 heavy (non-hydrogen) atoms. The Bertz CT molecular complexity index is 408. The molecular formula is C4H2ClNO4S2. The molecule has 0 spiro atoms. The lowest BCUT2D eigenvalue weighted by molar-refractivity contribution is -0.383. The van der Waals surface area contributed by atoms with Crippen molar-refractivity contribution in [1.82, 2.24) is 0 Å². The number of rotatable bonds is 2. The molecule has 0 aliphatic heterocycles. The highest BCUT2D eigenvalue weighted by Crippen LogP contribution is 2.31. The van der Waals surface area contributed by atoms with Crippen LogP contribution in [0.15, 0.2) is 16.3 Å². The number of hydrogen-bond donors (Lipinski definition) is 0. The summed E-state index contributed by atoms with van der Waals surface area (Å²) in [6, 6.07) is 1.10. The second kappa shape index (κ2) is 3.00. The van der Waals surface area contributed by atoms with Crippen LogP contribution in [0.25, 0.3) is 0 Å². The monoisotopic (exact) mass is 227 g/mol. The Balaban J connectivity index is 3.36. The van der Waals surface area contributed by atoms with Gasteiger partial charge in [0.15, 0.2) is 4.90 Å². The van der Waals surface area contributed by atoms with Crippen molar-refractivity contribution in [1.29, 1.82) is 0 Å². The molecule has 1 aromatic heterocycles. The maximum Gasteiger partial charge on any atom is 0.343 e. The zero-order valence-corrected chi connectivity index (χ0v) is 7.82. The van der Waals surface area contributed by atoms with E-state index in [-0.39, 0.29) is 0 Å². The van der Waals surface area contributed by atoms with Gasteiger partial charge in [0, 0.05) is 10.7 Å². The Hall–Kier alpha value is -0.660. The van der Waals surface area contributed by atoms with Gasteiger partial charge in [-0.25, -0.2) is 8.42 Å². The molecule has 0 saturated carbocycles. The second-order valence-corrected chi connectivity index (χ2v) is 5.21. The van der Waals surface area contributed by atoms with E-state index >= 15 is 0 Å². The van der Waals surface area contributed by atoms with Gasteiger partial charge in [0.05, 0.1) is 4.92 Å². The van der Waals surface area contributed by atoms with Crippen molar-refractivity contribution in [3.05, 3.63) is 21.6 Å². The SMILES string of the molecule is O=[N+]([O-])c1sccc1S(=O)(=O)Cl. The lowest BCUT2D eigenvalue weighted by Gasteiger charge is -1.89. The molecule has 0 amide bonds. The van der Waals surface area contributed by atoms with E-state index in [1.807, 2.05) is 0 Å². The van der Waals surface area contributed by atoms with Crippen LogP contribution in [0.4, 0.5) is 5.00 Å². The van der Waals surface area contributed by atoms with Gasteiger partial charge in [-0.15, -0.1) is 0 Å². The first-order chi connectivity index (χ1) is 5.43. The fourth-order valence-electron chi connectivity index (χ4n) is 0.608. The average Bonchev–Trinajstić information content (AvgIpc) is 2.30. The van der Waals surface area contributed by atoms with Crippen molar-refractivity contribution in [2.24, 2.45) is 0 Å². The van der Waals surface area contributed by atoms with Gasteiger partial charge in [0.2, 0.25) is 0 Å². The fourth-order valence-corrected chi connectivity index (χ4v) is 2.80. The maximum absolute atomic E-state index is 10.7. The quantitative estimate of drug-likeness (QED) is 0.437. The third-order valence-electron chi connectivity index (χ3n) is 1.04. The molecule has 8 heteroatoms. The minimum absolute atomic E-state index is 0.445. The minimum Gasteiger partial charge on any atom is -0.258 e. The van der Waals surface area contributed by atoms with E-state index in [0.717, 1.165) is 17.4 Å². The van der Waals surface area contributed by atoms with Crippen molar-refractivity contribution in [2.75, 3.05) is 0 Å². The molecule has 0 aliphatic carbocycles. The Morgan fingerprint density at radius 1 is 1.58 bits per heavy atom. The smallest absolute Gasteiger partial charge is 0.258 e. The topological polar surface area (TPSA) is 77.3 Å². The summed E-state index contributed by atoms with van der Waals surface area (Å²) in [7, 11) is 0.929. The summed E-state index contributed by atoms with van der Waals surface area (Å²) in [5.41, 5.74) is 0. The molecule has 0 bridgehead atoms. The molecule has 0 aliphatic rings. The molecule has 1 aromatic rings. The molecule has 1 heterocycles. The highest BCUT2D eigenvalue weighted by Gasteiger charge is 2.25. The highest BCUT2D eigenvalue weighted by molar-refractivity contribution is 8.14. The van der Waals surface area contributed by atoms with Crippen LogP contribution in [0, 0.1) is 10.1 Å². The summed E-state index contributed by atoms with van der Waals surface area (Å²) >= 11 is 0.722. The molecule has 0 unspecified atom stereocenters. The third-order valence-corrected chi connectivity index (χ3v) is 3.39. The lowest BCUT2D eigenvalue weighted by atomic mass is 10.6. The summed E-state index contributed by atoms with van der Waals surface area (Å²) in [5.74, 6) is 0. The summed E-state index contributed by atoms with van der Waals surface area (Å²) in [4.78, 5) is 9.00. The van der Waals surface area contributed by atoms with Crippen molar-refractivity contribution in [3.63, 3.8) is 0 Å². The Labute approximate surface area is 76.2 Å². The van der Waals surface area contributed by atoms with Gasteiger partial charge in [0.1, 0.15) is 0 Å². The van der Waals surface area contributed by atoms with Crippen LogP contribution in [-0.4, -0.2) is 13.3 Å². The molecule has 0 atom stereocenters. The van der Waals surface area contributed by atoms with Crippen molar-refractivity contribution < 1.29 is 13.3 Å². The Kier molecular flexibility index (Phi) is 2.36. The maximum atomic E-state index is 10.7. The number of thiophene rings is 1. The number of hydrogen-bond acceptors (Lipinski definition) is 5. The van der Waals surface area contributed by atoms with E-state index in [0.29, 0.717) is 0 Å². The van der Waals surface area contributed by atoms with Gasteiger partial charge >= 0.3 is 5.00 Å². The number of nitrogens with zero attached hydrogens (tertiary/aromatic N) is 1. The van der Waals surface area contributed by atoms with Crippen LogP contribution >= 0.6 is 22.0 Å². The summed E-state index contributed by atoms with van der Waals surface area (Å²) in [5, 5.41) is 11.1. The predicted octanol–water partition coefficient (Wildman–Crippen LogP) is 1.58. The molecule has 0 N–H and O–H groups in total. The van der Waals surface area contributed by atoms with Crippen LogP contribution in [0.3, 0.4) is 0 Å². The third kappa shape index (κ3) is 1.74. The van der Waals surface area contributed by atoms with Gasteiger partial charge < -0.3 is 0 Å². The minimum atomic E-state index is -3.99. The summed E-state index contributed by atoms with van der Waals surface area (Å²) in [6.45, 7) is 0. The van der Waals surface area contributed by atoms with Gasteiger partial charge in [-0.05, 0) is 11.4 Å². The van der Waals surface area contributed by atoms with E-state index in [4.69, 9.17) is 10.7 Å². The molecule has 0 saturated heterocycles. The first-order valence-corrected chi connectivity index (χ1v) is 5.78. The van der Waals surface area contributed by atoms with Gasteiger partial charge in [0.25, 0.3) is 9.05 Å². The number of nitro groups is 1. The normalized spacial score (nSPS) is 11.4. The van der Waals surface area contributed by atoms with E-state index in [1.54, 1.807) is 0 Å². The van der Waals surface area contributed by atoms with E-state index < -0.39 is 23.9 Å². The van der Waals surface area contributed by atoms with E-state index in [9.17, 15) is 18.5 Å². The van der Waals surface area contributed by atoms with Crippen LogP contribution in [0.2, 0.25) is 0 Å². The first-order valence-electron chi connectivity index (χ1n) is 2.59. The van der Waals surface area contributed by atoms with Crippen LogP contribution in [0.1, 0.15) is 0 Å². The molecule has 5 nitrogen and oxygen atoms in total. The predicted molar refractivity (Wildman–Crippen MR) is 44.0 cm³/mol. The van der Waals surface area contributed by atoms with E-state index in [1.165, 1.54) is 5.38 Å². The summed E-state index contributed by atoms with van der Waals surface area (Å²) < 4.78 is 21.4. The van der Waals surface area contributed by atoms with Gasteiger partial charge in [-0.2, -0.15) is 0 Å². The molecule has 1 rings (SSSR count). The Morgan fingerprint density at radius 2 is 2.17 bits per heavy atom. The van der Waals surface area contributed by atoms with Crippen molar-refractivity contribution in [2.45, 2.75) is 4.90 Å².